The summed E-state index contributed by atoms with van der Waals surface area (Å²) < 4.78 is 1.63. The van der Waals surface area contributed by atoms with Crippen molar-refractivity contribution in [2.75, 3.05) is 0 Å². The number of hydrogen-bond donors (Lipinski definition) is 1. The van der Waals surface area contributed by atoms with E-state index in [4.69, 9.17) is 0 Å². The molecule has 5 nitrogen and oxygen atoms in total. The molecule has 0 spiro atoms. The van der Waals surface area contributed by atoms with E-state index in [0.29, 0.717) is 0 Å². The largest absolute Gasteiger partial charge is 0.352 e. The standard InChI is InChI=1S/C18H20N4O/c1-14(11-12-15-7-3-2-4-8-15)19-18(23)13-22-17-10-6-5-9-16(17)20-21-22/h2-10,14H,11-13H2,1H3,(H,19,23)/t14-/m1/s1. The van der Waals surface area contributed by atoms with Crippen molar-refractivity contribution in [1.29, 1.82) is 0 Å². The maximum absolute atomic E-state index is 12.2. The van der Waals surface area contributed by atoms with Crippen molar-refractivity contribution in [2.45, 2.75) is 32.4 Å². The van der Waals surface area contributed by atoms with E-state index < -0.39 is 0 Å². The van der Waals surface area contributed by atoms with Gasteiger partial charge in [0, 0.05) is 6.04 Å². The summed E-state index contributed by atoms with van der Waals surface area (Å²) in [7, 11) is 0. The van der Waals surface area contributed by atoms with Crippen LogP contribution in [0.25, 0.3) is 11.0 Å². The molecule has 1 aromatic heterocycles. The Morgan fingerprint density at radius 2 is 1.87 bits per heavy atom. The van der Waals surface area contributed by atoms with E-state index in [0.717, 1.165) is 23.9 Å². The van der Waals surface area contributed by atoms with Crippen molar-refractivity contribution >= 4 is 16.9 Å². The van der Waals surface area contributed by atoms with Gasteiger partial charge in [0.2, 0.25) is 5.91 Å². The fourth-order valence-corrected chi connectivity index (χ4v) is 2.59. The molecule has 23 heavy (non-hydrogen) atoms. The second-order valence-electron chi connectivity index (χ2n) is 5.73. The lowest BCUT2D eigenvalue weighted by Crippen LogP contribution is -2.35. The Kier molecular flexibility index (Phi) is 4.66. The minimum Gasteiger partial charge on any atom is -0.352 e. The monoisotopic (exact) mass is 308 g/mol. The molecule has 0 unspecified atom stereocenters. The molecule has 5 heteroatoms. The van der Waals surface area contributed by atoms with Crippen molar-refractivity contribution in [1.82, 2.24) is 20.3 Å². The molecule has 118 valence electrons. The molecule has 0 radical (unpaired) electrons. The quantitative estimate of drug-likeness (QED) is 0.761. The summed E-state index contributed by atoms with van der Waals surface area (Å²) in [4.78, 5) is 12.2. The van der Waals surface area contributed by atoms with Gasteiger partial charge in [0.05, 0.1) is 5.52 Å². The fourth-order valence-electron chi connectivity index (χ4n) is 2.59. The highest BCUT2D eigenvalue weighted by molar-refractivity contribution is 5.79. The Morgan fingerprint density at radius 3 is 2.70 bits per heavy atom. The molecule has 0 fully saturated rings. The number of fused-ring (bicyclic) bond motifs is 1. The van der Waals surface area contributed by atoms with Gasteiger partial charge < -0.3 is 5.32 Å². The van der Waals surface area contributed by atoms with Gasteiger partial charge >= 0.3 is 0 Å². The highest BCUT2D eigenvalue weighted by Crippen LogP contribution is 2.09. The SMILES string of the molecule is C[C@H](CCc1ccccc1)NC(=O)Cn1nnc2ccccc21. The van der Waals surface area contributed by atoms with Gasteiger partial charge in [0.25, 0.3) is 0 Å². The predicted molar refractivity (Wildman–Crippen MR) is 89.9 cm³/mol. The van der Waals surface area contributed by atoms with Crippen LogP contribution in [-0.2, 0) is 17.8 Å². The Morgan fingerprint density at radius 1 is 1.13 bits per heavy atom. The van der Waals surface area contributed by atoms with Crippen molar-refractivity contribution in [3.8, 4) is 0 Å². The summed E-state index contributed by atoms with van der Waals surface area (Å²) in [6.45, 7) is 2.22. The lowest BCUT2D eigenvalue weighted by Gasteiger charge is -2.14. The first-order valence-electron chi connectivity index (χ1n) is 7.84. The summed E-state index contributed by atoms with van der Waals surface area (Å²) in [5, 5.41) is 11.1. The van der Waals surface area contributed by atoms with Crippen LogP contribution in [0.2, 0.25) is 0 Å². The third-order valence-electron chi connectivity index (χ3n) is 3.83. The van der Waals surface area contributed by atoms with Crippen molar-refractivity contribution in [3.63, 3.8) is 0 Å². The topological polar surface area (TPSA) is 59.8 Å². The fraction of sp³-hybridized carbons (Fsp3) is 0.278. The number of hydrogen-bond acceptors (Lipinski definition) is 3. The molecule has 0 aliphatic rings. The molecule has 2 aromatic carbocycles. The van der Waals surface area contributed by atoms with E-state index in [-0.39, 0.29) is 18.5 Å². The molecule has 3 aromatic rings. The maximum Gasteiger partial charge on any atom is 0.242 e. The average molecular weight is 308 g/mol. The number of nitrogens with zero attached hydrogens (tertiary/aromatic N) is 3. The first-order valence-corrected chi connectivity index (χ1v) is 7.84. The molecule has 0 aliphatic carbocycles. The van der Waals surface area contributed by atoms with Crippen LogP contribution in [0, 0.1) is 0 Å². The van der Waals surface area contributed by atoms with Crippen LogP contribution >= 0.6 is 0 Å². The van der Waals surface area contributed by atoms with Crippen LogP contribution in [0.15, 0.2) is 54.6 Å². The smallest absolute Gasteiger partial charge is 0.242 e. The van der Waals surface area contributed by atoms with Gasteiger partial charge in [0.15, 0.2) is 0 Å². The van der Waals surface area contributed by atoms with Crippen LogP contribution in [0.4, 0.5) is 0 Å². The summed E-state index contributed by atoms with van der Waals surface area (Å²) >= 11 is 0. The normalized spacial score (nSPS) is 12.2. The minimum absolute atomic E-state index is 0.0405. The van der Waals surface area contributed by atoms with E-state index in [2.05, 4.69) is 27.8 Å². The first kappa shape index (κ1) is 15.2. The van der Waals surface area contributed by atoms with E-state index in [1.54, 1.807) is 4.68 Å². The van der Waals surface area contributed by atoms with Gasteiger partial charge in [0.1, 0.15) is 12.1 Å². The van der Waals surface area contributed by atoms with E-state index in [9.17, 15) is 4.79 Å². The van der Waals surface area contributed by atoms with Crippen LogP contribution in [0.1, 0.15) is 18.9 Å². The number of benzene rings is 2. The van der Waals surface area contributed by atoms with Crippen LogP contribution in [-0.4, -0.2) is 26.9 Å². The zero-order valence-electron chi connectivity index (χ0n) is 13.1. The number of rotatable bonds is 6. The molecule has 3 rings (SSSR count). The lowest BCUT2D eigenvalue weighted by atomic mass is 10.1. The van der Waals surface area contributed by atoms with Crippen LogP contribution < -0.4 is 5.32 Å². The summed E-state index contributed by atoms with van der Waals surface area (Å²) in [6.07, 6.45) is 1.86. The second-order valence-corrected chi connectivity index (χ2v) is 5.73. The average Bonchev–Trinajstić information content (AvgIpc) is 2.97. The minimum atomic E-state index is -0.0405. The highest BCUT2D eigenvalue weighted by Gasteiger charge is 2.11. The highest BCUT2D eigenvalue weighted by atomic mass is 16.2. The second kappa shape index (κ2) is 7.05. The zero-order valence-corrected chi connectivity index (χ0v) is 13.1. The molecule has 1 atom stereocenters. The molecule has 0 aliphatic heterocycles. The van der Waals surface area contributed by atoms with Crippen molar-refractivity contribution in [2.24, 2.45) is 0 Å². The van der Waals surface area contributed by atoms with Gasteiger partial charge in [-0.15, -0.1) is 5.10 Å². The molecule has 0 bridgehead atoms. The number of aromatic nitrogens is 3. The van der Waals surface area contributed by atoms with E-state index in [1.165, 1.54) is 5.56 Å². The molecule has 1 heterocycles. The maximum atomic E-state index is 12.2. The van der Waals surface area contributed by atoms with E-state index >= 15 is 0 Å². The van der Waals surface area contributed by atoms with Gasteiger partial charge in [-0.1, -0.05) is 47.7 Å². The van der Waals surface area contributed by atoms with Crippen LogP contribution in [0.5, 0.6) is 0 Å². The molecule has 1 N–H and O–H groups in total. The predicted octanol–water partition coefficient (Wildman–Crippen LogP) is 2.57. The van der Waals surface area contributed by atoms with Gasteiger partial charge in [-0.25, -0.2) is 4.68 Å². The van der Waals surface area contributed by atoms with Gasteiger partial charge in [-0.3, -0.25) is 4.79 Å². The molecular weight excluding hydrogens is 288 g/mol. The number of nitrogens with one attached hydrogen (secondary N) is 1. The number of carbonyl (C=O) groups excluding carboxylic acids is 1. The Labute approximate surface area is 135 Å². The molecule has 1 amide bonds. The van der Waals surface area contributed by atoms with Crippen molar-refractivity contribution in [3.05, 3.63) is 60.2 Å². The Hall–Kier alpha value is -2.69. The third kappa shape index (κ3) is 3.94. The third-order valence-corrected chi connectivity index (χ3v) is 3.83. The van der Waals surface area contributed by atoms with Crippen molar-refractivity contribution < 1.29 is 4.79 Å². The summed E-state index contributed by atoms with van der Waals surface area (Å²) in [6, 6.07) is 18.1. The lowest BCUT2D eigenvalue weighted by molar-refractivity contribution is -0.122. The first-order chi connectivity index (χ1) is 11.2. The van der Waals surface area contributed by atoms with E-state index in [1.807, 2.05) is 49.4 Å². The van der Waals surface area contributed by atoms with Crippen LogP contribution in [0.3, 0.4) is 0 Å². The number of amides is 1. The Bertz CT molecular complexity index is 782. The zero-order chi connectivity index (χ0) is 16.1. The Balaban J connectivity index is 1.52. The molecule has 0 saturated heterocycles. The molecular formula is C18H20N4O. The van der Waals surface area contributed by atoms with Gasteiger partial charge in [-0.2, -0.15) is 0 Å². The molecule has 0 saturated carbocycles. The number of carbonyl (C=O) groups is 1. The summed E-state index contributed by atoms with van der Waals surface area (Å²) in [5.41, 5.74) is 2.97. The summed E-state index contributed by atoms with van der Waals surface area (Å²) in [5.74, 6) is -0.0405. The number of para-hydroxylation sites is 1. The number of aryl methyl sites for hydroxylation is 1. The van der Waals surface area contributed by atoms with Gasteiger partial charge in [-0.05, 0) is 37.5 Å².